The number of nitrogen functional groups attached to an aromatic ring is 1. The summed E-state index contributed by atoms with van der Waals surface area (Å²) in [5.74, 6) is 2.35. The second kappa shape index (κ2) is 4.48. The predicted molar refractivity (Wildman–Crippen MR) is 65.4 cm³/mol. The molecule has 1 fully saturated rings. The SMILES string of the molecule is CC1CCC(c2noc(N)c2C(C)C)CC1. The van der Waals surface area contributed by atoms with Gasteiger partial charge in [-0.25, -0.2) is 0 Å². The van der Waals surface area contributed by atoms with Crippen LogP contribution in [0, 0.1) is 5.92 Å². The number of aromatic nitrogens is 1. The lowest BCUT2D eigenvalue weighted by atomic mass is 9.79. The van der Waals surface area contributed by atoms with Crippen molar-refractivity contribution < 1.29 is 4.52 Å². The lowest BCUT2D eigenvalue weighted by molar-refractivity contribution is 0.330. The summed E-state index contributed by atoms with van der Waals surface area (Å²) in [4.78, 5) is 0. The van der Waals surface area contributed by atoms with E-state index in [1.165, 1.54) is 25.7 Å². The Morgan fingerprint density at radius 2 is 1.88 bits per heavy atom. The van der Waals surface area contributed by atoms with E-state index < -0.39 is 0 Å². The maximum absolute atomic E-state index is 5.85. The third-order valence-corrected chi connectivity index (χ3v) is 3.76. The average molecular weight is 222 g/mol. The summed E-state index contributed by atoms with van der Waals surface area (Å²) in [5, 5.41) is 4.19. The van der Waals surface area contributed by atoms with Crippen molar-refractivity contribution in [2.24, 2.45) is 5.92 Å². The zero-order chi connectivity index (χ0) is 11.7. The van der Waals surface area contributed by atoms with Crippen LogP contribution in [0.2, 0.25) is 0 Å². The minimum absolute atomic E-state index is 0.403. The van der Waals surface area contributed by atoms with Crippen LogP contribution in [0.4, 0.5) is 5.88 Å². The molecule has 1 aliphatic carbocycles. The van der Waals surface area contributed by atoms with Crippen LogP contribution in [0.1, 0.15) is 69.5 Å². The van der Waals surface area contributed by atoms with Crippen LogP contribution in [0.3, 0.4) is 0 Å². The first-order valence-electron chi connectivity index (χ1n) is 6.34. The molecule has 1 aliphatic rings. The molecule has 0 amide bonds. The second-order valence-electron chi connectivity index (χ2n) is 5.46. The molecule has 1 aromatic rings. The Hall–Kier alpha value is -0.990. The average Bonchev–Trinajstić information content (AvgIpc) is 2.61. The Morgan fingerprint density at radius 1 is 1.25 bits per heavy atom. The first-order valence-corrected chi connectivity index (χ1v) is 6.34. The van der Waals surface area contributed by atoms with Gasteiger partial charge in [0.25, 0.3) is 0 Å². The number of hydrogen-bond acceptors (Lipinski definition) is 3. The maximum atomic E-state index is 5.85. The van der Waals surface area contributed by atoms with Crippen molar-refractivity contribution in [2.75, 3.05) is 5.73 Å². The molecular weight excluding hydrogens is 200 g/mol. The summed E-state index contributed by atoms with van der Waals surface area (Å²) < 4.78 is 5.16. The molecule has 0 aliphatic heterocycles. The molecule has 1 saturated carbocycles. The highest BCUT2D eigenvalue weighted by molar-refractivity contribution is 5.42. The predicted octanol–water partition coefficient (Wildman–Crippen LogP) is 3.67. The molecule has 1 aromatic heterocycles. The van der Waals surface area contributed by atoms with Crippen LogP contribution in [0.15, 0.2) is 4.52 Å². The Kier molecular flexibility index (Phi) is 3.22. The van der Waals surface area contributed by atoms with E-state index in [9.17, 15) is 0 Å². The quantitative estimate of drug-likeness (QED) is 0.830. The zero-order valence-electron chi connectivity index (χ0n) is 10.5. The van der Waals surface area contributed by atoms with Crippen LogP contribution in [0.25, 0.3) is 0 Å². The van der Waals surface area contributed by atoms with Gasteiger partial charge < -0.3 is 10.3 Å². The summed E-state index contributed by atoms with van der Waals surface area (Å²) in [6.45, 7) is 6.63. The lowest BCUT2D eigenvalue weighted by Gasteiger charge is -2.25. The van der Waals surface area contributed by atoms with Crippen LogP contribution in [0.5, 0.6) is 0 Å². The normalized spacial score (nSPS) is 26.2. The summed E-state index contributed by atoms with van der Waals surface area (Å²) >= 11 is 0. The fourth-order valence-corrected chi connectivity index (χ4v) is 2.73. The van der Waals surface area contributed by atoms with E-state index in [2.05, 4.69) is 25.9 Å². The van der Waals surface area contributed by atoms with Crippen molar-refractivity contribution in [2.45, 2.75) is 58.3 Å². The monoisotopic (exact) mass is 222 g/mol. The Balaban J connectivity index is 2.20. The number of rotatable bonds is 2. The molecule has 0 radical (unpaired) electrons. The number of anilines is 1. The largest absolute Gasteiger partial charge is 0.367 e. The van der Waals surface area contributed by atoms with Crippen LogP contribution < -0.4 is 5.73 Å². The van der Waals surface area contributed by atoms with Gasteiger partial charge in [-0.05, 0) is 24.7 Å². The summed E-state index contributed by atoms with van der Waals surface area (Å²) in [7, 11) is 0. The molecule has 0 spiro atoms. The van der Waals surface area contributed by atoms with Gasteiger partial charge in [0.1, 0.15) is 0 Å². The molecule has 3 heteroatoms. The maximum Gasteiger partial charge on any atom is 0.225 e. The minimum atomic E-state index is 0.403. The Morgan fingerprint density at radius 3 is 2.44 bits per heavy atom. The fourth-order valence-electron chi connectivity index (χ4n) is 2.73. The van der Waals surface area contributed by atoms with E-state index in [1.807, 2.05) is 0 Å². The van der Waals surface area contributed by atoms with Crippen molar-refractivity contribution in [1.29, 1.82) is 0 Å². The number of nitrogens with zero attached hydrogens (tertiary/aromatic N) is 1. The highest BCUT2D eigenvalue weighted by Crippen LogP contribution is 2.39. The standard InChI is InChI=1S/C13H22N2O/c1-8(2)11-12(15-16-13(11)14)10-6-4-9(3)5-7-10/h8-10H,4-7,14H2,1-3H3. The topological polar surface area (TPSA) is 52.0 Å². The molecule has 3 nitrogen and oxygen atoms in total. The molecule has 2 N–H and O–H groups in total. The Labute approximate surface area is 97.4 Å². The van der Waals surface area contributed by atoms with Gasteiger partial charge in [-0.2, -0.15) is 0 Å². The van der Waals surface area contributed by atoms with Crippen LogP contribution >= 0.6 is 0 Å². The van der Waals surface area contributed by atoms with Crippen molar-refractivity contribution >= 4 is 5.88 Å². The highest BCUT2D eigenvalue weighted by atomic mass is 16.5. The molecule has 2 rings (SSSR count). The summed E-state index contributed by atoms with van der Waals surface area (Å²) in [6.07, 6.45) is 5.06. The van der Waals surface area contributed by atoms with Gasteiger partial charge in [0.2, 0.25) is 5.88 Å². The van der Waals surface area contributed by atoms with E-state index in [1.54, 1.807) is 0 Å². The van der Waals surface area contributed by atoms with Gasteiger partial charge in [-0.3, -0.25) is 0 Å². The third-order valence-electron chi connectivity index (χ3n) is 3.76. The molecule has 0 aromatic carbocycles. The van der Waals surface area contributed by atoms with Crippen molar-refractivity contribution in [3.05, 3.63) is 11.3 Å². The van der Waals surface area contributed by atoms with Gasteiger partial charge >= 0.3 is 0 Å². The second-order valence-corrected chi connectivity index (χ2v) is 5.46. The number of nitrogens with two attached hydrogens (primary N) is 1. The highest BCUT2D eigenvalue weighted by Gasteiger charge is 2.27. The molecular formula is C13H22N2O. The lowest BCUT2D eigenvalue weighted by Crippen LogP contribution is -2.13. The van der Waals surface area contributed by atoms with Crippen molar-refractivity contribution in [1.82, 2.24) is 5.16 Å². The van der Waals surface area contributed by atoms with Gasteiger partial charge in [-0.15, -0.1) is 0 Å². The molecule has 0 bridgehead atoms. The van der Waals surface area contributed by atoms with E-state index in [0.29, 0.717) is 17.7 Å². The van der Waals surface area contributed by atoms with Gasteiger partial charge in [0.05, 0.1) is 5.69 Å². The Bertz CT molecular complexity index is 349. The first-order chi connectivity index (χ1) is 7.59. The summed E-state index contributed by atoms with van der Waals surface area (Å²) in [6, 6.07) is 0. The summed E-state index contributed by atoms with van der Waals surface area (Å²) in [5.41, 5.74) is 8.11. The molecule has 90 valence electrons. The van der Waals surface area contributed by atoms with Gasteiger partial charge in [0, 0.05) is 11.5 Å². The first kappa shape index (κ1) is 11.5. The fraction of sp³-hybridized carbons (Fsp3) is 0.769. The molecule has 0 atom stereocenters. The third kappa shape index (κ3) is 2.08. The smallest absolute Gasteiger partial charge is 0.225 e. The van der Waals surface area contributed by atoms with E-state index >= 15 is 0 Å². The molecule has 16 heavy (non-hydrogen) atoms. The van der Waals surface area contributed by atoms with Crippen molar-refractivity contribution in [3.63, 3.8) is 0 Å². The van der Waals surface area contributed by atoms with Crippen LogP contribution in [-0.4, -0.2) is 5.16 Å². The molecule has 0 saturated heterocycles. The van der Waals surface area contributed by atoms with Gasteiger partial charge in [-0.1, -0.05) is 38.8 Å². The van der Waals surface area contributed by atoms with E-state index in [-0.39, 0.29) is 0 Å². The van der Waals surface area contributed by atoms with Gasteiger partial charge in [0.15, 0.2) is 0 Å². The van der Waals surface area contributed by atoms with E-state index in [4.69, 9.17) is 10.3 Å². The van der Waals surface area contributed by atoms with Crippen LogP contribution in [-0.2, 0) is 0 Å². The number of hydrogen-bond donors (Lipinski definition) is 1. The minimum Gasteiger partial charge on any atom is -0.367 e. The molecule has 0 unspecified atom stereocenters. The van der Waals surface area contributed by atoms with E-state index in [0.717, 1.165) is 17.2 Å². The van der Waals surface area contributed by atoms with Crippen molar-refractivity contribution in [3.8, 4) is 0 Å². The molecule has 1 heterocycles. The zero-order valence-corrected chi connectivity index (χ0v) is 10.5.